The number of rotatable bonds is 7. The van der Waals surface area contributed by atoms with Crippen LogP contribution >= 0.6 is 0 Å². The van der Waals surface area contributed by atoms with E-state index in [1.54, 1.807) is 0 Å². The zero-order chi connectivity index (χ0) is 15.4. The standard InChI is InChI=1S/C16H28N4O2/c21-15-14(17-16(22)18-15)7-1-2-10-20-11-5-6-13(20)12-19-8-3-4-9-19/h13-14H,1-12H2,(H2,17,18,21,22)/t13-,14?/m1/s1. The maximum absolute atomic E-state index is 11.5. The minimum atomic E-state index is -0.347. The summed E-state index contributed by atoms with van der Waals surface area (Å²) in [6.45, 7) is 6.14. The van der Waals surface area contributed by atoms with E-state index in [4.69, 9.17) is 0 Å². The van der Waals surface area contributed by atoms with E-state index in [0.717, 1.165) is 31.8 Å². The van der Waals surface area contributed by atoms with Crippen LogP contribution in [0.3, 0.4) is 0 Å². The lowest BCUT2D eigenvalue weighted by molar-refractivity contribution is -0.120. The normalized spacial score (nSPS) is 30.0. The number of likely N-dealkylation sites (tertiary alicyclic amines) is 2. The van der Waals surface area contributed by atoms with Gasteiger partial charge in [0.15, 0.2) is 0 Å². The number of imide groups is 1. The highest BCUT2D eigenvalue weighted by Gasteiger charge is 2.29. The lowest BCUT2D eigenvalue weighted by Crippen LogP contribution is -2.39. The average molecular weight is 308 g/mol. The first-order valence-corrected chi connectivity index (χ1v) is 8.80. The Morgan fingerprint density at radius 2 is 1.86 bits per heavy atom. The summed E-state index contributed by atoms with van der Waals surface area (Å²) in [7, 11) is 0. The van der Waals surface area contributed by atoms with E-state index in [9.17, 15) is 9.59 Å². The van der Waals surface area contributed by atoms with Crippen LogP contribution in [0.4, 0.5) is 4.79 Å². The molecule has 3 heterocycles. The Balaban J connectivity index is 1.34. The van der Waals surface area contributed by atoms with Gasteiger partial charge < -0.3 is 10.2 Å². The van der Waals surface area contributed by atoms with Crippen LogP contribution in [-0.4, -0.2) is 66.5 Å². The van der Waals surface area contributed by atoms with Crippen LogP contribution in [0.25, 0.3) is 0 Å². The first-order chi connectivity index (χ1) is 10.7. The Morgan fingerprint density at radius 3 is 2.59 bits per heavy atom. The van der Waals surface area contributed by atoms with Crippen molar-refractivity contribution in [1.82, 2.24) is 20.4 Å². The minimum absolute atomic E-state index is 0.168. The zero-order valence-electron chi connectivity index (χ0n) is 13.4. The molecule has 6 heteroatoms. The third-order valence-electron chi connectivity index (χ3n) is 5.21. The smallest absolute Gasteiger partial charge is 0.322 e. The molecule has 22 heavy (non-hydrogen) atoms. The predicted octanol–water partition coefficient (Wildman–Crippen LogP) is 0.925. The third-order valence-corrected chi connectivity index (χ3v) is 5.21. The lowest BCUT2D eigenvalue weighted by Gasteiger charge is -2.28. The molecule has 2 N–H and O–H groups in total. The van der Waals surface area contributed by atoms with Gasteiger partial charge in [-0.05, 0) is 71.1 Å². The Hall–Kier alpha value is -1.14. The molecular weight excluding hydrogens is 280 g/mol. The topological polar surface area (TPSA) is 64.7 Å². The van der Waals surface area contributed by atoms with E-state index < -0.39 is 0 Å². The maximum atomic E-state index is 11.5. The molecule has 3 saturated heterocycles. The summed E-state index contributed by atoms with van der Waals surface area (Å²) in [4.78, 5) is 27.8. The summed E-state index contributed by atoms with van der Waals surface area (Å²) < 4.78 is 0. The van der Waals surface area contributed by atoms with Gasteiger partial charge in [0.2, 0.25) is 0 Å². The Bertz CT molecular complexity index is 409. The van der Waals surface area contributed by atoms with Crippen LogP contribution in [0, 0.1) is 0 Å². The van der Waals surface area contributed by atoms with Crippen LogP contribution in [0.2, 0.25) is 0 Å². The molecule has 0 radical (unpaired) electrons. The molecule has 3 aliphatic rings. The summed E-state index contributed by atoms with van der Waals surface area (Å²) in [5.41, 5.74) is 0. The monoisotopic (exact) mass is 308 g/mol. The van der Waals surface area contributed by atoms with Gasteiger partial charge in [0.25, 0.3) is 5.91 Å². The number of carbonyl (C=O) groups excluding carboxylic acids is 2. The van der Waals surface area contributed by atoms with E-state index in [2.05, 4.69) is 20.4 Å². The van der Waals surface area contributed by atoms with Crippen molar-refractivity contribution in [2.45, 2.75) is 57.0 Å². The largest absolute Gasteiger partial charge is 0.326 e. The first-order valence-electron chi connectivity index (χ1n) is 8.80. The zero-order valence-corrected chi connectivity index (χ0v) is 13.4. The molecular formula is C16H28N4O2. The van der Waals surface area contributed by atoms with E-state index >= 15 is 0 Å². The average Bonchev–Trinajstić information content (AvgIpc) is 3.20. The Kier molecular flexibility index (Phi) is 5.31. The number of hydrogen-bond donors (Lipinski definition) is 2. The molecule has 0 aliphatic carbocycles. The van der Waals surface area contributed by atoms with Crippen LogP contribution in [0.1, 0.15) is 44.9 Å². The van der Waals surface area contributed by atoms with Gasteiger partial charge in [-0.1, -0.05) is 0 Å². The summed E-state index contributed by atoms with van der Waals surface area (Å²) >= 11 is 0. The maximum Gasteiger partial charge on any atom is 0.322 e. The van der Waals surface area contributed by atoms with Crippen molar-refractivity contribution >= 4 is 11.9 Å². The highest BCUT2D eigenvalue weighted by atomic mass is 16.2. The number of nitrogens with one attached hydrogen (secondary N) is 2. The minimum Gasteiger partial charge on any atom is -0.326 e. The second-order valence-corrected chi connectivity index (χ2v) is 6.85. The number of unbranched alkanes of at least 4 members (excludes halogenated alkanes) is 1. The number of carbonyl (C=O) groups is 2. The summed E-state index contributed by atoms with van der Waals surface area (Å²) in [6.07, 6.45) is 8.23. The fourth-order valence-electron chi connectivity index (χ4n) is 3.99. The summed E-state index contributed by atoms with van der Waals surface area (Å²) in [5.74, 6) is -0.168. The quantitative estimate of drug-likeness (QED) is 0.542. The van der Waals surface area contributed by atoms with Gasteiger partial charge in [-0.2, -0.15) is 0 Å². The van der Waals surface area contributed by atoms with Crippen molar-refractivity contribution in [1.29, 1.82) is 0 Å². The van der Waals surface area contributed by atoms with E-state index in [0.29, 0.717) is 0 Å². The molecule has 0 saturated carbocycles. The highest BCUT2D eigenvalue weighted by molar-refractivity contribution is 6.04. The van der Waals surface area contributed by atoms with Crippen LogP contribution in [0.15, 0.2) is 0 Å². The second kappa shape index (κ2) is 7.42. The molecule has 2 atom stereocenters. The fourth-order valence-corrected chi connectivity index (χ4v) is 3.99. The number of hydrogen-bond acceptors (Lipinski definition) is 4. The number of nitrogens with zero attached hydrogens (tertiary/aromatic N) is 2. The molecule has 6 nitrogen and oxygen atoms in total. The molecule has 0 aromatic heterocycles. The third kappa shape index (κ3) is 3.98. The van der Waals surface area contributed by atoms with Gasteiger partial charge >= 0.3 is 6.03 Å². The molecule has 3 fully saturated rings. The first kappa shape index (κ1) is 15.7. The van der Waals surface area contributed by atoms with Crippen molar-refractivity contribution in [2.75, 3.05) is 32.7 Å². The van der Waals surface area contributed by atoms with Crippen molar-refractivity contribution in [3.8, 4) is 0 Å². The molecule has 0 aromatic carbocycles. The fraction of sp³-hybridized carbons (Fsp3) is 0.875. The van der Waals surface area contributed by atoms with E-state index in [1.165, 1.54) is 51.9 Å². The van der Waals surface area contributed by atoms with Crippen molar-refractivity contribution in [2.24, 2.45) is 0 Å². The van der Waals surface area contributed by atoms with Crippen LogP contribution < -0.4 is 10.6 Å². The van der Waals surface area contributed by atoms with Gasteiger partial charge in [-0.3, -0.25) is 15.0 Å². The SMILES string of the molecule is O=C1NC(=O)C(CCCCN2CCC[C@@H]2CN2CCCC2)N1. The predicted molar refractivity (Wildman–Crippen MR) is 84.6 cm³/mol. The number of urea groups is 1. The molecule has 1 unspecified atom stereocenters. The van der Waals surface area contributed by atoms with Crippen LogP contribution in [0.5, 0.6) is 0 Å². The van der Waals surface area contributed by atoms with Crippen molar-refractivity contribution < 1.29 is 9.59 Å². The van der Waals surface area contributed by atoms with E-state index in [-0.39, 0.29) is 18.0 Å². The van der Waals surface area contributed by atoms with Gasteiger partial charge in [0.05, 0.1) is 0 Å². The van der Waals surface area contributed by atoms with Gasteiger partial charge in [0.1, 0.15) is 6.04 Å². The molecule has 3 aliphatic heterocycles. The van der Waals surface area contributed by atoms with Gasteiger partial charge in [-0.15, -0.1) is 0 Å². The molecule has 0 bridgehead atoms. The summed E-state index contributed by atoms with van der Waals surface area (Å²) in [6, 6.07) is 0.0688. The lowest BCUT2D eigenvalue weighted by atomic mass is 10.1. The van der Waals surface area contributed by atoms with Gasteiger partial charge in [0, 0.05) is 12.6 Å². The number of amides is 3. The molecule has 0 aromatic rings. The van der Waals surface area contributed by atoms with Crippen molar-refractivity contribution in [3.05, 3.63) is 0 Å². The second-order valence-electron chi connectivity index (χ2n) is 6.85. The molecule has 0 spiro atoms. The molecule has 124 valence electrons. The summed E-state index contributed by atoms with van der Waals surface area (Å²) in [5, 5.41) is 4.96. The van der Waals surface area contributed by atoms with Crippen LogP contribution in [-0.2, 0) is 4.79 Å². The van der Waals surface area contributed by atoms with Gasteiger partial charge in [-0.25, -0.2) is 4.79 Å². The Labute approximate surface area is 132 Å². The molecule has 3 rings (SSSR count). The molecule has 3 amide bonds. The Morgan fingerprint density at radius 1 is 1.05 bits per heavy atom. The highest BCUT2D eigenvalue weighted by Crippen LogP contribution is 2.21. The van der Waals surface area contributed by atoms with Crippen molar-refractivity contribution in [3.63, 3.8) is 0 Å². The van der Waals surface area contributed by atoms with E-state index in [1.807, 2.05) is 0 Å².